The van der Waals surface area contributed by atoms with Crippen molar-refractivity contribution in [2.75, 3.05) is 5.32 Å². The van der Waals surface area contributed by atoms with E-state index < -0.39 is 34.3 Å². The van der Waals surface area contributed by atoms with Crippen LogP contribution in [0.2, 0.25) is 0 Å². The number of ether oxygens (including phenoxy) is 1. The fraction of sp³-hybridized carbons (Fsp3) is 0.0952. The molecule has 3 aromatic carbocycles. The first kappa shape index (κ1) is 23.2. The summed E-state index contributed by atoms with van der Waals surface area (Å²) in [5.41, 5.74) is -0.183. The van der Waals surface area contributed by atoms with E-state index in [1.54, 1.807) is 0 Å². The number of rotatable bonds is 6. The highest BCUT2D eigenvalue weighted by molar-refractivity contribution is 7.89. The van der Waals surface area contributed by atoms with Crippen molar-refractivity contribution in [2.45, 2.75) is 17.5 Å². The van der Waals surface area contributed by atoms with E-state index in [0.29, 0.717) is 0 Å². The number of carbonyl (C=O) groups is 1. The molecule has 0 saturated carbocycles. The van der Waals surface area contributed by atoms with Gasteiger partial charge in [-0.1, -0.05) is 12.1 Å². The first-order valence-corrected chi connectivity index (χ1v) is 10.5. The maximum absolute atomic E-state index is 13.1. The Balaban J connectivity index is 1.94. The second-order valence-electron chi connectivity index (χ2n) is 6.71. The molecule has 0 unspecified atom stereocenters. The van der Waals surface area contributed by atoms with E-state index in [2.05, 4.69) is 5.32 Å². The Morgan fingerprint density at radius 2 is 1.69 bits per heavy atom. The zero-order valence-corrected chi connectivity index (χ0v) is 17.0. The molecule has 11 heteroatoms. The molecule has 1 amide bonds. The first-order valence-electron chi connectivity index (χ1n) is 8.98. The molecule has 0 radical (unpaired) electrons. The molecule has 3 rings (SSSR count). The van der Waals surface area contributed by atoms with Crippen LogP contribution in [0.5, 0.6) is 11.5 Å². The summed E-state index contributed by atoms with van der Waals surface area (Å²) in [6.07, 6.45) is -5.73. The Morgan fingerprint density at radius 3 is 2.31 bits per heavy atom. The fourth-order valence-electron chi connectivity index (χ4n) is 2.76. The summed E-state index contributed by atoms with van der Waals surface area (Å²) in [5, 5.41) is 7.53. The lowest BCUT2D eigenvalue weighted by Gasteiger charge is -2.14. The van der Waals surface area contributed by atoms with E-state index in [1.807, 2.05) is 0 Å². The zero-order valence-electron chi connectivity index (χ0n) is 16.2. The lowest BCUT2D eigenvalue weighted by atomic mass is 10.1. The van der Waals surface area contributed by atoms with Gasteiger partial charge in [0.15, 0.2) is 0 Å². The van der Waals surface area contributed by atoms with Gasteiger partial charge in [0.25, 0.3) is 5.91 Å². The molecule has 6 nitrogen and oxygen atoms in total. The number of benzene rings is 3. The molecule has 0 saturated heterocycles. The Bertz CT molecular complexity index is 1240. The van der Waals surface area contributed by atoms with Gasteiger partial charge in [0.2, 0.25) is 10.0 Å². The van der Waals surface area contributed by atoms with Gasteiger partial charge < -0.3 is 10.1 Å². The minimum atomic E-state index is -4.48. The topological polar surface area (TPSA) is 98.5 Å². The van der Waals surface area contributed by atoms with Gasteiger partial charge >= 0.3 is 6.18 Å². The number of alkyl halides is 3. The van der Waals surface area contributed by atoms with E-state index in [4.69, 9.17) is 9.88 Å². The van der Waals surface area contributed by atoms with Crippen LogP contribution in [-0.4, -0.2) is 20.5 Å². The summed E-state index contributed by atoms with van der Waals surface area (Å²) in [5.74, 6) is -1.41. The zero-order chi connectivity index (χ0) is 23.5. The number of nitrogens with one attached hydrogen (secondary N) is 1. The van der Waals surface area contributed by atoms with Crippen LogP contribution in [0.3, 0.4) is 0 Å². The molecular formula is C21H16F4N2O4S. The highest BCUT2D eigenvalue weighted by Crippen LogP contribution is 2.30. The van der Waals surface area contributed by atoms with Crippen molar-refractivity contribution in [3.63, 3.8) is 0 Å². The van der Waals surface area contributed by atoms with Crippen molar-refractivity contribution in [3.05, 3.63) is 83.7 Å². The number of halogens is 4. The lowest BCUT2D eigenvalue weighted by Crippen LogP contribution is -2.16. The van der Waals surface area contributed by atoms with Crippen molar-refractivity contribution < 1.29 is 35.5 Å². The summed E-state index contributed by atoms with van der Waals surface area (Å²) in [4.78, 5) is 12.5. The quantitative estimate of drug-likeness (QED) is 0.516. The molecule has 0 aliphatic rings. The number of anilines is 1. The van der Waals surface area contributed by atoms with Crippen LogP contribution in [-0.2, 0) is 16.4 Å². The second-order valence-corrected chi connectivity index (χ2v) is 8.27. The standard InChI is InChI=1S/C21H16F4N2O4S/c22-14-5-7-16(8-6-14)31-19-10-13(12-21(23,24)25)4-9-18(19)20(28)27-15-2-1-3-17(11-15)32(26,29)30/h1-11H,12H2,(H,27,28)(H2,26,29,30). The molecular weight excluding hydrogens is 452 g/mol. The summed E-state index contributed by atoms with van der Waals surface area (Å²) in [6.45, 7) is 0. The van der Waals surface area contributed by atoms with E-state index in [-0.39, 0.29) is 33.2 Å². The van der Waals surface area contributed by atoms with Crippen molar-refractivity contribution in [1.82, 2.24) is 0 Å². The number of sulfonamides is 1. The van der Waals surface area contributed by atoms with Crippen LogP contribution in [0.25, 0.3) is 0 Å². The number of carbonyl (C=O) groups excluding carboxylic acids is 1. The largest absolute Gasteiger partial charge is 0.457 e. The van der Waals surface area contributed by atoms with Gasteiger partial charge in [0.05, 0.1) is 16.9 Å². The van der Waals surface area contributed by atoms with Gasteiger partial charge in [0.1, 0.15) is 17.3 Å². The molecule has 0 atom stereocenters. The number of hydrogen-bond donors (Lipinski definition) is 2. The molecule has 0 heterocycles. The van der Waals surface area contributed by atoms with E-state index in [0.717, 1.165) is 36.4 Å². The molecule has 0 aliphatic heterocycles. The van der Waals surface area contributed by atoms with Crippen molar-refractivity contribution >= 4 is 21.6 Å². The molecule has 3 N–H and O–H groups in total. The van der Waals surface area contributed by atoms with Gasteiger partial charge in [-0.2, -0.15) is 13.2 Å². The normalized spacial score (nSPS) is 11.8. The van der Waals surface area contributed by atoms with Crippen molar-refractivity contribution in [3.8, 4) is 11.5 Å². The molecule has 0 spiro atoms. The van der Waals surface area contributed by atoms with Crippen LogP contribution < -0.4 is 15.2 Å². The molecule has 32 heavy (non-hydrogen) atoms. The number of primary sulfonamides is 1. The fourth-order valence-corrected chi connectivity index (χ4v) is 3.32. The minimum Gasteiger partial charge on any atom is -0.457 e. The molecule has 0 aliphatic carbocycles. The summed E-state index contributed by atoms with van der Waals surface area (Å²) < 4.78 is 80.1. The van der Waals surface area contributed by atoms with Gasteiger partial charge in [-0.05, 0) is 60.2 Å². The Morgan fingerprint density at radius 1 is 1.00 bits per heavy atom. The summed E-state index contributed by atoms with van der Waals surface area (Å²) >= 11 is 0. The average molecular weight is 468 g/mol. The van der Waals surface area contributed by atoms with E-state index in [9.17, 15) is 30.8 Å². The average Bonchev–Trinajstić information content (AvgIpc) is 2.68. The third kappa shape index (κ3) is 6.28. The molecule has 0 bridgehead atoms. The van der Waals surface area contributed by atoms with Crippen molar-refractivity contribution in [1.29, 1.82) is 0 Å². The molecule has 0 aromatic heterocycles. The third-order valence-electron chi connectivity index (χ3n) is 4.16. The minimum absolute atomic E-state index is 0.0913. The number of nitrogens with two attached hydrogens (primary N) is 1. The van der Waals surface area contributed by atoms with E-state index in [1.165, 1.54) is 30.3 Å². The van der Waals surface area contributed by atoms with Crippen LogP contribution in [0.15, 0.2) is 71.6 Å². The van der Waals surface area contributed by atoms with Gasteiger partial charge in [-0.3, -0.25) is 4.79 Å². The third-order valence-corrected chi connectivity index (χ3v) is 5.07. The highest BCUT2D eigenvalue weighted by Gasteiger charge is 2.28. The smallest absolute Gasteiger partial charge is 0.393 e. The van der Waals surface area contributed by atoms with E-state index >= 15 is 0 Å². The summed E-state index contributed by atoms with van der Waals surface area (Å²) in [7, 11) is -4.01. The van der Waals surface area contributed by atoms with Crippen LogP contribution >= 0.6 is 0 Å². The second kappa shape index (κ2) is 8.97. The monoisotopic (exact) mass is 468 g/mol. The van der Waals surface area contributed by atoms with Crippen LogP contribution in [0.1, 0.15) is 15.9 Å². The predicted octanol–water partition coefficient (Wildman–Crippen LogP) is 4.62. The maximum Gasteiger partial charge on any atom is 0.393 e. The molecule has 168 valence electrons. The SMILES string of the molecule is NS(=O)(=O)c1cccc(NC(=O)c2ccc(CC(F)(F)F)cc2Oc2ccc(F)cc2)c1. The first-order chi connectivity index (χ1) is 14.9. The molecule has 3 aromatic rings. The Labute approximate surface area is 180 Å². The predicted molar refractivity (Wildman–Crippen MR) is 108 cm³/mol. The lowest BCUT2D eigenvalue weighted by molar-refractivity contribution is -0.127. The Hall–Kier alpha value is -3.44. The Kier molecular flexibility index (Phi) is 6.51. The number of amides is 1. The van der Waals surface area contributed by atoms with Crippen molar-refractivity contribution in [2.24, 2.45) is 5.14 Å². The number of hydrogen-bond acceptors (Lipinski definition) is 4. The van der Waals surface area contributed by atoms with Gasteiger partial charge in [0, 0.05) is 5.69 Å². The van der Waals surface area contributed by atoms with Crippen LogP contribution in [0.4, 0.5) is 23.2 Å². The van der Waals surface area contributed by atoms with Gasteiger partial charge in [-0.15, -0.1) is 0 Å². The highest BCUT2D eigenvalue weighted by atomic mass is 32.2. The maximum atomic E-state index is 13.1. The van der Waals surface area contributed by atoms with Crippen LogP contribution in [0, 0.1) is 5.82 Å². The van der Waals surface area contributed by atoms with Gasteiger partial charge in [-0.25, -0.2) is 17.9 Å². The molecule has 0 fully saturated rings. The summed E-state index contributed by atoms with van der Waals surface area (Å²) in [6, 6.07) is 13.2.